The molecule has 0 saturated heterocycles. The maximum absolute atomic E-state index is 9.77. The highest BCUT2D eigenvalue weighted by Gasteiger charge is 2.35. The average Bonchev–Trinajstić information content (AvgIpc) is 2.37. The normalized spacial score (nSPS) is 13.2. The molecule has 3 nitrogen and oxygen atoms in total. The molecule has 0 aliphatic carbocycles. The van der Waals surface area contributed by atoms with Gasteiger partial charge in [-0.25, -0.2) is 5.21 Å². The average molecular weight is 209 g/mol. The second-order valence-electron chi connectivity index (χ2n) is 4.02. The SMILES string of the molecule is ON1c2cccc3c4ccccc4c[n+]1c23. The number of para-hydroxylation sites is 1. The lowest BCUT2D eigenvalue weighted by Gasteiger charge is -2.20. The van der Waals surface area contributed by atoms with Gasteiger partial charge in [0.05, 0.1) is 5.39 Å². The van der Waals surface area contributed by atoms with E-state index >= 15 is 0 Å². The predicted octanol–water partition coefficient (Wildman–Crippen LogP) is 2.25. The van der Waals surface area contributed by atoms with Crippen LogP contribution in [0.2, 0.25) is 0 Å². The molecule has 0 saturated carbocycles. The minimum atomic E-state index is 0.864. The number of hydrogen-bond donors (Lipinski definition) is 1. The Balaban J connectivity index is 2.33. The van der Waals surface area contributed by atoms with E-state index in [1.807, 2.05) is 30.5 Å². The van der Waals surface area contributed by atoms with E-state index in [-0.39, 0.29) is 0 Å². The van der Waals surface area contributed by atoms with Crippen LogP contribution in [0.1, 0.15) is 0 Å². The third kappa shape index (κ3) is 0.763. The van der Waals surface area contributed by atoms with Crippen molar-refractivity contribution in [1.29, 1.82) is 0 Å². The van der Waals surface area contributed by atoms with Crippen molar-refractivity contribution in [3.63, 3.8) is 0 Å². The molecule has 1 aromatic heterocycles. The van der Waals surface area contributed by atoms with E-state index in [9.17, 15) is 5.21 Å². The van der Waals surface area contributed by atoms with Gasteiger partial charge in [-0.1, -0.05) is 24.3 Å². The zero-order valence-electron chi connectivity index (χ0n) is 8.46. The number of aromatic nitrogens is 1. The third-order valence-electron chi connectivity index (χ3n) is 3.18. The summed E-state index contributed by atoms with van der Waals surface area (Å²) in [5.41, 5.74) is 1.95. The Morgan fingerprint density at radius 3 is 2.69 bits per heavy atom. The Hall–Kier alpha value is -2.13. The van der Waals surface area contributed by atoms with E-state index in [0.717, 1.165) is 16.6 Å². The van der Waals surface area contributed by atoms with Crippen LogP contribution in [0, 0.1) is 0 Å². The van der Waals surface area contributed by atoms with E-state index in [4.69, 9.17) is 0 Å². The Kier molecular flexibility index (Phi) is 1.27. The summed E-state index contributed by atoms with van der Waals surface area (Å²) >= 11 is 0. The van der Waals surface area contributed by atoms with Crippen LogP contribution in [0.25, 0.3) is 21.7 Å². The lowest BCUT2D eigenvalue weighted by Crippen LogP contribution is -2.60. The molecule has 3 aromatic rings. The zero-order chi connectivity index (χ0) is 10.7. The maximum Gasteiger partial charge on any atom is 0.278 e. The van der Waals surface area contributed by atoms with Crippen LogP contribution in [-0.2, 0) is 0 Å². The highest BCUT2D eigenvalue weighted by atomic mass is 16.5. The summed E-state index contributed by atoms with van der Waals surface area (Å²) in [7, 11) is 0. The Morgan fingerprint density at radius 2 is 1.75 bits per heavy atom. The Labute approximate surface area is 91.7 Å². The number of fused-ring (bicyclic) bond motifs is 2. The van der Waals surface area contributed by atoms with Crippen LogP contribution in [0.3, 0.4) is 0 Å². The first-order valence-electron chi connectivity index (χ1n) is 5.22. The quantitative estimate of drug-likeness (QED) is 0.454. The van der Waals surface area contributed by atoms with Gasteiger partial charge in [0, 0.05) is 10.8 Å². The van der Waals surface area contributed by atoms with Crippen LogP contribution in [0.4, 0.5) is 5.69 Å². The minimum Gasteiger partial charge on any atom is -0.236 e. The molecule has 0 amide bonds. The highest BCUT2D eigenvalue weighted by Crippen LogP contribution is 2.33. The van der Waals surface area contributed by atoms with Crippen LogP contribution >= 0.6 is 0 Å². The highest BCUT2D eigenvalue weighted by molar-refractivity contribution is 6.08. The van der Waals surface area contributed by atoms with Crippen LogP contribution < -0.4 is 9.85 Å². The molecule has 0 radical (unpaired) electrons. The summed E-state index contributed by atoms with van der Waals surface area (Å²) in [6.45, 7) is 0. The van der Waals surface area contributed by atoms with Gasteiger partial charge in [-0.3, -0.25) is 0 Å². The second kappa shape index (κ2) is 2.51. The van der Waals surface area contributed by atoms with E-state index in [2.05, 4.69) is 18.2 Å². The predicted molar refractivity (Wildman–Crippen MR) is 61.3 cm³/mol. The largest absolute Gasteiger partial charge is 0.278 e. The molecule has 2 heterocycles. The van der Waals surface area contributed by atoms with Gasteiger partial charge in [0.2, 0.25) is 11.9 Å². The van der Waals surface area contributed by atoms with Crippen molar-refractivity contribution >= 4 is 27.4 Å². The molecule has 1 N–H and O–H groups in total. The fraction of sp³-hybridized carbons (Fsp3) is 0. The lowest BCUT2D eigenvalue weighted by atomic mass is 10.0. The summed E-state index contributed by atoms with van der Waals surface area (Å²) in [5.74, 6) is 0. The summed E-state index contributed by atoms with van der Waals surface area (Å²) in [4.78, 5) is 0. The molecule has 76 valence electrons. The van der Waals surface area contributed by atoms with Crippen molar-refractivity contribution in [2.75, 3.05) is 5.17 Å². The van der Waals surface area contributed by atoms with Crippen molar-refractivity contribution in [1.82, 2.24) is 0 Å². The fourth-order valence-electron chi connectivity index (χ4n) is 2.42. The van der Waals surface area contributed by atoms with Crippen LogP contribution in [0.5, 0.6) is 0 Å². The lowest BCUT2D eigenvalue weighted by molar-refractivity contribution is -0.709. The molecule has 2 aromatic carbocycles. The monoisotopic (exact) mass is 209 g/mol. The first kappa shape index (κ1) is 8.07. The van der Waals surface area contributed by atoms with Crippen LogP contribution in [-0.4, -0.2) is 5.21 Å². The van der Waals surface area contributed by atoms with E-state index in [1.54, 1.807) is 4.68 Å². The molecule has 0 fully saturated rings. The number of rotatable bonds is 0. The number of hydrogen-bond acceptors (Lipinski definition) is 2. The third-order valence-corrected chi connectivity index (χ3v) is 3.18. The van der Waals surface area contributed by atoms with E-state index in [1.165, 1.54) is 15.9 Å². The zero-order valence-corrected chi connectivity index (χ0v) is 8.46. The molecule has 4 rings (SSSR count). The summed E-state index contributed by atoms with van der Waals surface area (Å²) in [6.07, 6.45) is 1.95. The molecular weight excluding hydrogens is 200 g/mol. The van der Waals surface area contributed by atoms with Crippen molar-refractivity contribution < 1.29 is 9.88 Å². The molecule has 0 bridgehead atoms. The van der Waals surface area contributed by atoms with Gasteiger partial charge in [-0.05, 0) is 28.0 Å². The van der Waals surface area contributed by atoms with Crippen molar-refractivity contribution in [2.24, 2.45) is 0 Å². The molecule has 0 spiro atoms. The number of pyridine rings is 1. The van der Waals surface area contributed by atoms with Gasteiger partial charge in [-0.2, -0.15) is 0 Å². The number of benzene rings is 2. The van der Waals surface area contributed by atoms with Gasteiger partial charge in [0.25, 0.3) is 5.52 Å². The topological polar surface area (TPSA) is 27.3 Å². The molecular formula is C13H9N2O+. The number of nitrogens with zero attached hydrogens (tertiary/aromatic N) is 2. The van der Waals surface area contributed by atoms with E-state index in [0.29, 0.717) is 0 Å². The van der Waals surface area contributed by atoms with Crippen molar-refractivity contribution in [3.8, 4) is 0 Å². The van der Waals surface area contributed by atoms with Crippen LogP contribution in [0.15, 0.2) is 48.7 Å². The Morgan fingerprint density at radius 1 is 0.938 bits per heavy atom. The molecule has 1 aliphatic heterocycles. The standard InChI is InChI=1S/C13H9N2O/c16-15-12-7-3-6-11-10-5-2-1-4-9(10)8-14(15)13(11)12/h1-8,16H/q+1. The van der Waals surface area contributed by atoms with Crippen molar-refractivity contribution in [2.45, 2.75) is 0 Å². The smallest absolute Gasteiger partial charge is 0.236 e. The van der Waals surface area contributed by atoms with Gasteiger partial charge in [0.1, 0.15) is 0 Å². The van der Waals surface area contributed by atoms with E-state index < -0.39 is 0 Å². The number of anilines is 1. The molecule has 3 heteroatoms. The van der Waals surface area contributed by atoms with Gasteiger partial charge < -0.3 is 0 Å². The molecule has 16 heavy (non-hydrogen) atoms. The first-order chi connectivity index (χ1) is 7.86. The van der Waals surface area contributed by atoms with Gasteiger partial charge >= 0.3 is 0 Å². The second-order valence-corrected chi connectivity index (χ2v) is 4.02. The Bertz CT molecular complexity index is 736. The van der Waals surface area contributed by atoms with Crippen molar-refractivity contribution in [3.05, 3.63) is 48.7 Å². The summed E-state index contributed by atoms with van der Waals surface area (Å²) < 4.78 is 1.77. The summed E-state index contributed by atoms with van der Waals surface area (Å²) in [6, 6.07) is 14.2. The van der Waals surface area contributed by atoms with Gasteiger partial charge in [0.15, 0.2) is 0 Å². The fourth-order valence-corrected chi connectivity index (χ4v) is 2.42. The maximum atomic E-state index is 9.77. The summed E-state index contributed by atoms with van der Waals surface area (Å²) in [5, 5.41) is 14.5. The first-order valence-corrected chi connectivity index (χ1v) is 5.22. The molecule has 0 atom stereocenters. The minimum absolute atomic E-state index is 0.864. The molecule has 0 unspecified atom stereocenters. The molecule has 1 aliphatic rings. The van der Waals surface area contributed by atoms with Gasteiger partial charge in [-0.15, -0.1) is 0 Å².